The molecule has 0 saturated carbocycles. The van der Waals surface area contributed by atoms with Crippen LogP contribution in [0, 0.1) is 0 Å². The molecule has 64 valence electrons. The predicted molar refractivity (Wildman–Crippen MR) is 55.8 cm³/mol. The molecule has 1 unspecified atom stereocenters. The lowest BCUT2D eigenvalue weighted by Gasteiger charge is -2.05. The van der Waals surface area contributed by atoms with E-state index in [1.807, 2.05) is 0 Å². The van der Waals surface area contributed by atoms with E-state index in [9.17, 15) is 0 Å². The van der Waals surface area contributed by atoms with Gasteiger partial charge in [-0.25, -0.2) is 0 Å². The first-order valence-electron chi connectivity index (χ1n) is 4.57. The summed E-state index contributed by atoms with van der Waals surface area (Å²) in [6.45, 7) is 0. The molecule has 1 aromatic carbocycles. The Labute approximate surface area is 82.1 Å². The van der Waals surface area contributed by atoms with Gasteiger partial charge in [-0.05, 0) is 36.8 Å². The number of aryl methyl sites for hydroxylation is 1. The van der Waals surface area contributed by atoms with E-state index >= 15 is 0 Å². The van der Waals surface area contributed by atoms with Gasteiger partial charge in [-0.2, -0.15) is 0 Å². The van der Waals surface area contributed by atoms with Gasteiger partial charge in [-0.3, -0.25) is 0 Å². The van der Waals surface area contributed by atoms with Gasteiger partial charge >= 0.3 is 0 Å². The van der Waals surface area contributed by atoms with Gasteiger partial charge < -0.3 is 0 Å². The van der Waals surface area contributed by atoms with Gasteiger partial charge in [0.1, 0.15) is 0 Å². The number of hydrogen-bond acceptors (Lipinski definition) is 0. The molecule has 0 bridgehead atoms. The lowest BCUT2D eigenvalue weighted by Crippen LogP contribution is -1.99. The van der Waals surface area contributed by atoms with Crippen molar-refractivity contribution in [3.8, 4) is 0 Å². The van der Waals surface area contributed by atoms with Gasteiger partial charge in [0.15, 0.2) is 0 Å². The zero-order valence-electron chi connectivity index (χ0n) is 7.09. The van der Waals surface area contributed by atoms with Crippen molar-refractivity contribution >= 4 is 15.9 Å². The Morgan fingerprint density at radius 1 is 1.17 bits per heavy atom. The molecule has 0 aromatic heterocycles. The molecule has 0 spiro atoms. The Kier molecular flexibility index (Phi) is 2.50. The van der Waals surface area contributed by atoms with Crippen LogP contribution in [0.3, 0.4) is 0 Å². The smallest absolute Gasteiger partial charge is 0.0186 e. The molecule has 2 rings (SSSR count). The van der Waals surface area contributed by atoms with Crippen LogP contribution in [0.25, 0.3) is 0 Å². The second-order valence-corrected chi connectivity index (χ2v) is 4.76. The van der Waals surface area contributed by atoms with Crippen molar-refractivity contribution in [3.63, 3.8) is 0 Å². The third-order valence-electron chi connectivity index (χ3n) is 2.52. The fourth-order valence-corrected chi connectivity index (χ4v) is 2.53. The van der Waals surface area contributed by atoms with Crippen LogP contribution in [0.5, 0.6) is 0 Å². The highest BCUT2D eigenvalue weighted by Gasteiger charge is 2.12. The highest BCUT2D eigenvalue weighted by Crippen LogP contribution is 2.24. The Morgan fingerprint density at radius 2 is 1.92 bits per heavy atom. The average molecular weight is 225 g/mol. The Bertz CT molecular complexity index is 267. The van der Waals surface area contributed by atoms with Crippen LogP contribution in [0.15, 0.2) is 24.3 Å². The van der Waals surface area contributed by atoms with E-state index in [4.69, 9.17) is 0 Å². The van der Waals surface area contributed by atoms with E-state index in [0.29, 0.717) is 4.83 Å². The van der Waals surface area contributed by atoms with Crippen molar-refractivity contribution < 1.29 is 0 Å². The maximum Gasteiger partial charge on any atom is 0.0186 e. The fraction of sp³-hybridized carbons (Fsp3) is 0.455. The average Bonchev–Trinajstić information content (AvgIpc) is 2.25. The normalized spacial score (nSPS) is 22.9. The molecule has 1 heteroatoms. The van der Waals surface area contributed by atoms with Gasteiger partial charge in [0.25, 0.3) is 0 Å². The number of alkyl halides is 1. The van der Waals surface area contributed by atoms with Crippen molar-refractivity contribution in [2.75, 3.05) is 0 Å². The van der Waals surface area contributed by atoms with Crippen molar-refractivity contribution in [1.29, 1.82) is 0 Å². The number of halogens is 1. The largest absolute Gasteiger partial charge is 0.0887 e. The molecule has 0 aliphatic heterocycles. The minimum atomic E-state index is 0.696. The summed E-state index contributed by atoms with van der Waals surface area (Å²) >= 11 is 3.71. The fourth-order valence-electron chi connectivity index (χ4n) is 1.86. The topological polar surface area (TPSA) is 0 Å². The van der Waals surface area contributed by atoms with Gasteiger partial charge in [0, 0.05) is 4.83 Å². The first-order valence-corrected chi connectivity index (χ1v) is 5.48. The molecule has 1 atom stereocenters. The van der Waals surface area contributed by atoms with Gasteiger partial charge in [-0.15, -0.1) is 0 Å². The van der Waals surface area contributed by atoms with Crippen molar-refractivity contribution in [2.24, 2.45) is 0 Å². The zero-order valence-corrected chi connectivity index (χ0v) is 8.68. The maximum absolute atomic E-state index is 3.71. The number of hydrogen-bond donors (Lipinski definition) is 0. The maximum atomic E-state index is 3.71. The monoisotopic (exact) mass is 224 g/mol. The molecule has 12 heavy (non-hydrogen) atoms. The quantitative estimate of drug-likeness (QED) is 0.469. The predicted octanol–water partition coefficient (Wildman–Crippen LogP) is 3.33. The second-order valence-electron chi connectivity index (χ2n) is 3.46. The number of fused-ring (bicyclic) bond motifs is 1. The summed E-state index contributed by atoms with van der Waals surface area (Å²) in [6, 6.07) is 8.81. The lowest BCUT2D eigenvalue weighted by molar-refractivity contribution is 0.735. The van der Waals surface area contributed by atoms with E-state index in [-0.39, 0.29) is 0 Å². The summed E-state index contributed by atoms with van der Waals surface area (Å²) < 4.78 is 0. The van der Waals surface area contributed by atoms with Crippen LogP contribution in [-0.2, 0) is 12.8 Å². The Morgan fingerprint density at radius 3 is 2.75 bits per heavy atom. The summed E-state index contributed by atoms with van der Waals surface area (Å²) in [4.78, 5) is 0.696. The Hall–Kier alpha value is -0.300. The first kappa shape index (κ1) is 8.31. The highest BCUT2D eigenvalue weighted by atomic mass is 79.9. The minimum absolute atomic E-state index is 0.696. The third kappa shape index (κ3) is 1.71. The minimum Gasteiger partial charge on any atom is -0.0887 e. The molecule has 0 amide bonds. The molecule has 0 fully saturated rings. The molecule has 1 aliphatic rings. The van der Waals surface area contributed by atoms with Crippen molar-refractivity contribution in [2.45, 2.75) is 30.5 Å². The summed E-state index contributed by atoms with van der Waals surface area (Å²) in [5, 5.41) is 0. The second kappa shape index (κ2) is 3.61. The van der Waals surface area contributed by atoms with Crippen LogP contribution in [-0.4, -0.2) is 4.83 Å². The highest BCUT2D eigenvalue weighted by molar-refractivity contribution is 9.09. The lowest BCUT2D eigenvalue weighted by atomic mass is 10.0. The summed E-state index contributed by atoms with van der Waals surface area (Å²) in [5.41, 5.74) is 3.09. The van der Waals surface area contributed by atoms with E-state index in [2.05, 4.69) is 40.2 Å². The zero-order chi connectivity index (χ0) is 8.39. The van der Waals surface area contributed by atoms with Crippen LogP contribution in [0.1, 0.15) is 24.0 Å². The van der Waals surface area contributed by atoms with E-state index < -0.39 is 0 Å². The van der Waals surface area contributed by atoms with Gasteiger partial charge in [0.2, 0.25) is 0 Å². The van der Waals surface area contributed by atoms with E-state index in [1.165, 1.54) is 31.2 Å². The Balaban J connectivity index is 2.31. The van der Waals surface area contributed by atoms with Crippen molar-refractivity contribution in [3.05, 3.63) is 35.4 Å². The van der Waals surface area contributed by atoms with Crippen molar-refractivity contribution in [1.82, 2.24) is 0 Å². The van der Waals surface area contributed by atoms with Crippen LogP contribution >= 0.6 is 15.9 Å². The summed E-state index contributed by atoms with van der Waals surface area (Å²) in [6.07, 6.45) is 5.11. The number of benzene rings is 1. The van der Waals surface area contributed by atoms with Crippen LogP contribution < -0.4 is 0 Å². The molecule has 0 saturated heterocycles. The molecule has 0 radical (unpaired) electrons. The van der Waals surface area contributed by atoms with Crippen LogP contribution in [0.4, 0.5) is 0 Å². The summed E-state index contributed by atoms with van der Waals surface area (Å²) in [7, 11) is 0. The molecular weight excluding hydrogens is 212 g/mol. The first-order chi connectivity index (χ1) is 5.86. The van der Waals surface area contributed by atoms with Crippen LogP contribution in [0.2, 0.25) is 0 Å². The van der Waals surface area contributed by atoms with E-state index in [0.717, 1.165) is 0 Å². The summed E-state index contributed by atoms with van der Waals surface area (Å²) in [5.74, 6) is 0. The number of rotatable bonds is 0. The SMILES string of the molecule is BrC1CCCc2ccccc2C1. The van der Waals surface area contributed by atoms with Gasteiger partial charge in [0.05, 0.1) is 0 Å². The third-order valence-corrected chi connectivity index (χ3v) is 3.30. The standard InChI is InChI=1S/C11H13Br/c12-11-7-3-6-9-4-1-2-5-10(9)8-11/h1-2,4-5,11H,3,6-8H2. The molecule has 0 heterocycles. The molecule has 1 aromatic rings. The van der Waals surface area contributed by atoms with E-state index in [1.54, 1.807) is 5.56 Å². The molecule has 1 aliphatic carbocycles. The van der Waals surface area contributed by atoms with Gasteiger partial charge in [-0.1, -0.05) is 40.2 Å². The molecule has 0 nitrogen and oxygen atoms in total. The molecule has 0 N–H and O–H groups in total. The molecular formula is C11H13Br.